The van der Waals surface area contributed by atoms with E-state index in [0.717, 1.165) is 16.8 Å². The van der Waals surface area contributed by atoms with Crippen molar-refractivity contribution in [2.24, 2.45) is 7.05 Å². The summed E-state index contributed by atoms with van der Waals surface area (Å²) in [6.07, 6.45) is 4.21. The van der Waals surface area contributed by atoms with Crippen LogP contribution in [0.15, 0.2) is 29.7 Å². The molecule has 27 heavy (non-hydrogen) atoms. The molecule has 1 aliphatic rings. The Morgan fingerprint density at radius 1 is 1.33 bits per heavy atom. The second-order valence-corrected chi connectivity index (χ2v) is 8.99. The van der Waals surface area contributed by atoms with E-state index in [4.69, 9.17) is 11.6 Å². The minimum absolute atomic E-state index is 0.00689. The van der Waals surface area contributed by atoms with Crippen molar-refractivity contribution in [1.82, 2.24) is 28.7 Å². The second kappa shape index (κ2) is 6.55. The highest BCUT2D eigenvalue weighted by Gasteiger charge is 2.37. The fourth-order valence-corrected chi connectivity index (χ4v) is 5.44. The Bertz CT molecular complexity index is 1110. The van der Waals surface area contributed by atoms with Crippen molar-refractivity contribution in [3.63, 3.8) is 0 Å². The molecule has 0 radical (unpaired) electrons. The zero-order chi connectivity index (χ0) is 19.3. The van der Waals surface area contributed by atoms with Crippen molar-refractivity contribution < 1.29 is 13.5 Å². The molecule has 0 saturated carbocycles. The molecular formula is C16H19ClN6O3S. The number of nitrogens with zero attached hydrogens (tertiary/aromatic N) is 6. The molecule has 11 heteroatoms. The molecule has 4 heterocycles. The monoisotopic (exact) mass is 410 g/mol. The van der Waals surface area contributed by atoms with Crippen molar-refractivity contribution in [1.29, 1.82) is 0 Å². The van der Waals surface area contributed by atoms with Crippen LogP contribution in [0.2, 0.25) is 5.15 Å². The summed E-state index contributed by atoms with van der Waals surface area (Å²) in [5.74, 6) is -0.186. The Morgan fingerprint density at radius 2 is 2.11 bits per heavy atom. The normalized spacial score (nSPS) is 21.8. The lowest BCUT2D eigenvalue weighted by atomic mass is 9.86. The molecule has 144 valence electrons. The number of β-amino-alcohol motifs (C(OH)–C–C–N with tert-alkyl or cyclic N) is 1. The van der Waals surface area contributed by atoms with Crippen LogP contribution in [0.5, 0.6) is 0 Å². The molecule has 1 aliphatic heterocycles. The molecular weight excluding hydrogens is 392 g/mol. The van der Waals surface area contributed by atoms with E-state index >= 15 is 0 Å². The third kappa shape index (κ3) is 3.02. The van der Waals surface area contributed by atoms with Crippen molar-refractivity contribution in [3.8, 4) is 0 Å². The molecule has 3 aromatic rings. The van der Waals surface area contributed by atoms with Crippen LogP contribution in [-0.2, 0) is 17.1 Å². The van der Waals surface area contributed by atoms with Gasteiger partial charge in [0.2, 0.25) is 10.0 Å². The van der Waals surface area contributed by atoms with Crippen LogP contribution in [0.3, 0.4) is 0 Å². The first kappa shape index (κ1) is 18.4. The summed E-state index contributed by atoms with van der Waals surface area (Å²) in [5, 5.41) is 18.8. The number of aromatic nitrogens is 5. The first-order valence-electron chi connectivity index (χ1n) is 8.44. The van der Waals surface area contributed by atoms with Crippen LogP contribution in [0.4, 0.5) is 0 Å². The van der Waals surface area contributed by atoms with Crippen LogP contribution < -0.4 is 0 Å². The number of rotatable bonds is 3. The minimum Gasteiger partial charge on any atom is -0.391 e. The average molecular weight is 411 g/mol. The molecule has 1 fully saturated rings. The van der Waals surface area contributed by atoms with Crippen molar-refractivity contribution >= 4 is 27.3 Å². The summed E-state index contributed by atoms with van der Waals surface area (Å²) in [7, 11) is -2.24. The number of aliphatic hydroxyl groups excluding tert-OH is 1. The molecule has 1 saturated heterocycles. The van der Waals surface area contributed by atoms with Gasteiger partial charge in [0.25, 0.3) is 0 Å². The molecule has 0 bridgehead atoms. The zero-order valence-corrected chi connectivity index (χ0v) is 16.4. The highest BCUT2D eigenvalue weighted by molar-refractivity contribution is 7.89. The van der Waals surface area contributed by atoms with Gasteiger partial charge in [-0.05, 0) is 30.5 Å². The summed E-state index contributed by atoms with van der Waals surface area (Å²) in [4.78, 5) is 4.11. The van der Waals surface area contributed by atoms with Crippen LogP contribution in [0, 0.1) is 6.92 Å². The van der Waals surface area contributed by atoms with Gasteiger partial charge in [-0.25, -0.2) is 17.9 Å². The molecule has 1 N–H and O–H groups in total. The third-order valence-electron chi connectivity index (χ3n) is 5.06. The van der Waals surface area contributed by atoms with Crippen LogP contribution >= 0.6 is 11.6 Å². The molecule has 0 aliphatic carbocycles. The van der Waals surface area contributed by atoms with E-state index in [1.165, 1.54) is 21.5 Å². The van der Waals surface area contributed by atoms with Gasteiger partial charge in [0.15, 0.2) is 5.65 Å². The largest absolute Gasteiger partial charge is 0.391 e. The topological polar surface area (TPSA) is 106 Å². The number of fused-ring (bicyclic) bond motifs is 1. The first-order chi connectivity index (χ1) is 12.8. The maximum Gasteiger partial charge on any atom is 0.247 e. The predicted molar refractivity (Wildman–Crippen MR) is 98.1 cm³/mol. The van der Waals surface area contributed by atoms with E-state index in [-0.39, 0.29) is 29.1 Å². The Morgan fingerprint density at radius 3 is 2.78 bits per heavy atom. The van der Waals surface area contributed by atoms with E-state index in [1.807, 2.05) is 19.2 Å². The van der Waals surface area contributed by atoms with E-state index in [0.29, 0.717) is 6.42 Å². The lowest BCUT2D eigenvalue weighted by molar-refractivity contribution is 0.0850. The van der Waals surface area contributed by atoms with Crippen LogP contribution in [0.25, 0.3) is 5.65 Å². The van der Waals surface area contributed by atoms with E-state index in [9.17, 15) is 13.5 Å². The average Bonchev–Trinajstić information content (AvgIpc) is 3.21. The fraction of sp³-hybridized carbons (Fsp3) is 0.438. The summed E-state index contributed by atoms with van der Waals surface area (Å²) >= 11 is 6.06. The molecule has 4 rings (SSSR count). The Hall–Kier alpha value is -2.01. The molecule has 0 unspecified atom stereocenters. The first-order valence-corrected chi connectivity index (χ1v) is 10.3. The molecule has 2 atom stereocenters. The standard InChI is InChI=1S/C16H19ClN6O3S/c1-10-5-15-18-9-20-23(15)7-12(10)11-3-4-22(8-13(11)24)27(25,26)14-6-19-21(2)16(14)17/h5-7,9,11,13,24H,3-4,8H2,1-2H3/t11-,13+/m0/s1. The van der Waals surface area contributed by atoms with Gasteiger partial charge in [0.05, 0.1) is 12.3 Å². The van der Waals surface area contributed by atoms with Crippen LogP contribution in [0.1, 0.15) is 23.5 Å². The Balaban J connectivity index is 1.60. The van der Waals surface area contributed by atoms with E-state index in [1.54, 1.807) is 11.6 Å². The summed E-state index contributed by atoms with van der Waals surface area (Å²) in [6, 6.07) is 1.91. The number of piperidine rings is 1. The van der Waals surface area contributed by atoms with Gasteiger partial charge in [0.1, 0.15) is 16.4 Å². The number of halogens is 1. The summed E-state index contributed by atoms with van der Waals surface area (Å²) in [6.45, 7) is 2.23. The van der Waals surface area contributed by atoms with Crippen molar-refractivity contribution in [2.75, 3.05) is 13.1 Å². The fourth-order valence-electron chi connectivity index (χ4n) is 3.56. The summed E-state index contributed by atoms with van der Waals surface area (Å²) in [5.41, 5.74) is 2.67. The highest BCUT2D eigenvalue weighted by Crippen LogP contribution is 2.34. The van der Waals surface area contributed by atoms with Crippen LogP contribution in [-0.4, -0.2) is 61.4 Å². The number of aryl methyl sites for hydroxylation is 2. The summed E-state index contributed by atoms with van der Waals surface area (Å²) < 4.78 is 30.0. The highest BCUT2D eigenvalue weighted by atomic mass is 35.5. The number of hydrogen-bond acceptors (Lipinski definition) is 6. The molecule has 0 spiro atoms. The van der Waals surface area contributed by atoms with E-state index < -0.39 is 16.1 Å². The quantitative estimate of drug-likeness (QED) is 0.689. The van der Waals surface area contributed by atoms with Gasteiger partial charge >= 0.3 is 0 Å². The third-order valence-corrected chi connectivity index (χ3v) is 7.49. The lowest BCUT2D eigenvalue weighted by Crippen LogP contribution is -2.45. The maximum absolute atomic E-state index is 12.9. The maximum atomic E-state index is 12.9. The molecule has 3 aromatic heterocycles. The van der Waals surface area contributed by atoms with Gasteiger partial charge in [-0.15, -0.1) is 0 Å². The van der Waals surface area contributed by atoms with Gasteiger partial charge in [-0.1, -0.05) is 11.6 Å². The van der Waals surface area contributed by atoms with Gasteiger partial charge < -0.3 is 5.11 Å². The Kier molecular flexibility index (Phi) is 4.46. The SMILES string of the molecule is Cc1cc2ncnn2cc1[C@@H]1CCN(S(=O)(=O)c2cnn(C)c2Cl)C[C@H]1O. The molecule has 0 aromatic carbocycles. The number of aliphatic hydroxyl groups is 1. The smallest absolute Gasteiger partial charge is 0.247 e. The number of sulfonamides is 1. The Labute approximate surface area is 161 Å². The van der Waals surface area contributed by atoms with Gasteiger partial charge in [-0.3, -0.25) is 4.68 Å². The van der Waals surface area contributed by atoms with Crippen molar-refractivity contribution in [3.05, 3.63) is 41.1 Å². The van der Waals surface area contributed by atoms with Gasteiger partial charge in [0, 0.05) is 32.3 Å². The zero-order valence-electron chi connectivity index (χ0n) is 14.8. The molecule has 0 amide bonds. The van der Waals surface area contributed by atoms with E-state index in [2.05, 4.69) is 15.2 Å². The van der Waals surface area contributed by atoms with Crippen molar-refractivity contribution in [2.45, 2.75) is 30.3 Å². The second-order valence-electron chi connectivity index (χ2n) is 6.72. The lowest BCUT2D eigenvalue weighted by Gasteiger charge is -2.35. The molecule has 9 nitrogen and oxygen atoms in total. The minimum atomic E-state index is -3.82. The predicted octanol–water partition coefficient (Wildman–Crippen LogP) is 0.964. The number of hydrogen-bond donors (Lipinski definition) is 1. The number of pyridine rings is 1. The van der Waals surface area contributed by atoms with Gasteiger partial charge in [-0.2, -0.15) is 14.5 Å².